The van der Waals surface area contributed by atoms with Gasteiger partial charge in [-0.1, -0.05) is 271 Å². The molecule has 0 radical (unpaired) electrons. The Balaban J connectivity index is 4.35. The highest BCUT2D eigenvalue weighted by molar-refractivity contribution is 5.71. The fourth-order valence-electron chi connectivity index (χ4n) is 9.06. The van der Waals surface area contributed by atoms with Crippen LogP contribution >= 0.6 is 0 Å². The quantitative estimate of drug-likeness (QED) is 0.0261. The van der Waals surface area contributed by atoms with Crippen LogP contribution in [0.1, 0.15) is 310 Å². The molecule has 0 spiro atoms. The molecular formula is C72H122O6. The van der Waals surface area contributed by atoms with Crippen LogP contribution in [0.4, 0.5) is 0 Å². The molecule has 0 saturated heterocycles. The van der Waals surface area contributed by atoms with E-state index >= 15 is 0 Å². The summed E-state index contributed by atoms with van der Waals surface area (Å²) in [5.41, 5.74) is 0. The maximum absolute atomic E-state index is 12.9. The van der Waals surface area contributed by atoms with E-state index in [2.05, 4.69) is 130 Å². The van der Waals surface area contributed by atoms with E-state index in [4.69, 9.17) is 14.2 Å². The molecule has 0 aromatic rings. The summed E-state index contributed by atoms with van der Waals surface area (Å²) in [5, 5.41) is 0. The van der Waals surface area contributed by atoms with E-state index in [0.717, 1.165) is 122 Å². The number of esters is 3. The zero-order chi connectivity index (χ0) is 56.4. The third-order valence-corrected chi connectivity index (χ3v) is 14.0. The first-order valence-electron chi connectivity index (χ1n) is 32.9. The van der Waals surface area contributed by atoms with Crippen molar-refractivity contribution in [1.29, 1.82) is 0 Å². The predicted octanol–water partition coefficient (Wildman–Crippen LogP) is 22.6. The Morgan fingerprint density at radius 3 is 0.821 bits per heavy atom. The number of ether oxygens (including phenoxy) is 3. The average molecular weight is 1080 g/mol. The van der Waals surface area contributed by atoms with Crippen molar-refractivity contribution in [1.82, 2.24) is 0 Å². The van der Waals surface area contributed by atoms with Crippen molar-refractivity contribution < 1.29 is 28.6 Å². The molecule has 0 fully saturated rings. The molecule has 1 atom stereocenters. The summed E-state index contributed by atoms with van der Waals surface area (Å²) in [5.74, 6) is -0.920. The van der Waals surface area contributed by atoms with Gasteiger partial charge in [-0.3, -0.25) is 14.4 Å². The summed E-state index contributed by atoms with van der Waals surface area (Å²) in [4.78, 5) is 38.3. The molecule has 0 aromatic carbocycles. The van der Waals surface area contributed by atoms with Gasteiger partial charge < -0.3 is 14.2 Å². The SMILES string of the molecule is CC/C=C\C/C=C\C/C=C\C/C=C\C/C=C\C/C=C\CCCCCCC(=O)OC(COC(=O)CCCCCCC/C=C\CCCCC)COC(=O)CCCCCCCCCCCCCCC/C=C\C/C=C\CCCCCCC. The van der Waals surface area contributed by atoms with Gasteiger partial charge in [-0.2, -0.15) is 0 Å². The van der Waals surface area contributed by atoms with Gasteiger partial charge in [0, 0.05) is 19.3 Å². The lowest BCUT2D eigenvalue weighted by molar-refractivity contribution is -0.167. The highest BCUT2D eigenvalue weighted by Gasteiger charge is 2.19. The van der Waals surface area contributed by atoms with Crippen LogP contribution in [0.25, 0.3) is 0 Å². The Kier molecular flexibility index (Phi) is 62.3. The zero-order valence-electron chi connectivity index (χ0n) is 51.2. The smallest absolute Gasteiger partial charge is 0.306 e. The van der Waals surface area contributed by atoms with Gasteiger partial charge in [0.2, 0.25) is 0 Å². The largest absolute Gasteiger partial charge is 0.462 e. The summed E-state index contributed by atoms with van der Waals surface area (Å²) < 4.78 is 16.9. The van der Waals surface area contributed by atoms with Crippen LogP contribution < -0.4 is 0 Å². The average Bonchev–Trinajstić information content (AvgIpc) is 3.44. The van der Waals surface area contributed by atoms with Gasteiger partial charge in [0.1, 0.15) is 13.2 Å². The van der Waals surface area contributed by atoms with E-state index in [-0.39, 0.29) is 31.1 Å². The van der Waals surface area contributed by atoms with Gasteiger partial charge in [0.25, 0.3) is 0 Å². The van der Waals surface area contributed by atoms with E-state index in [1.165, 1.54) is 148 Å². The number of carbonyl (C=O) groups excluding carboxylic acids is 3. The van der Waals surface area contributed by atoms with E-state index in [0.29, 0.717) is 19.3 Å². The minimum absolute atomic E-state index is 0.0916. The van der Waals surface area contributed by atoms with Crippen LogP contribution in [0.2, 0.25) is 0 Å². The van der Waals surface area contributed by atoms with Crippen molar-refractivity contribution in [3.05, 3.63) is 109 Å². The summed E-state index contributed by atoms with van der Waals surface area (Å²) in [6.45, 7) is 6.48. The molecule has 0 aliphatic rings. The lowest BCUT2D eigenvalue weighted by Crippen LogP contribution is -2.30. The highest BCUT2D eigenvalue weighted by atomic mass is 16.6. The minimum atomic E-state index is -0.798. The molecule has 0 heterocycles. The Labute approximate surface area is 482 Å². The van der Waals surface area contributed by atoms with Gasteiger partial charge in [-0.05, 0) is 128 Å². The number of allylic oxidation sites excluding steroid dienone is 18. The monoisotopic (exact) mass is 1080 g/mol. The molecule has 0 saturated carbocycles. The van der Waals surface area contributed by atoms with Crippen LogP contribution in [-0.2, 0) is 28.6 Å². The van der Waals surface area contributed by atoms with Crippen molar-refractivity contribution in [3.63, 3.8) is 0 Å². The molecule has 0 aliphatic carbocycles. The molecule has 0 amide bonds. The van der Waals surface area contributed by atoms with E-state index in [9.17, 15) is 14.4 Å². The predicted molar refractivity (Wildman–Crippen MR) is 339 cm³/mol. The summed E-state index contributed by atoms with van der Waals surface area (Å²) >= 11 is 0. The first-order chi connectivity index (χ1) is 38.5. The topological polar surface area (TPSA) is 78.9 Å². The second kappa shape index (κ2) is 65.6. The molecule has 0 bridgehead atoms. The lowest BCUT2D eigenvalue weighted by atomic mass is 10.0. The van der Waals surface area contributed by atoms with Crippen LogP contribution in [0, 0.1) is 0 Å². The Morgan fingerprint density at radius 1 is 0.269 bits per heavy atom. The Morgan fingerprint density at radius 2 is 0.500 bits per heavy atom. The second-order valence-corrected chi connectivity index (χ2v) is 21.6. The van der Waals surface area contributed by atoms with Crippen LogP contribution in [0.3, 0.4) is 0 Å². The molecule has 0 aromatic heterocycles. The third kappa shape index (κ3) is 62.9. The number of hydrogen-bond acceptors (Lipinski definition) is 6. The standard InChI is InChI=1S/C72H122O6/c1-4-7-10-13-16-19-22-25-27-29-31-33-35-36-38-39-41-43-45-47-50-53-56-59-62-65-71(74)77-68-69(67-76-70(73)64-61-58-55-52-49-24-21-18-15-12-9-6-3)78-72(75)66-63-60-57-54-51-48-46-44-42-40-37-34-32-30-28-26-23-20-17-14-11-8-5-2/h8,11,17-18,20-22,25-26,28-29,31-32,34,40,42,46,48,69H,4-7,9-10,12-16,19,23-24,27,30,33,35-39,41,43-45,47,49-68H2,1-3H3/b11-8-,20-17-,21-18-,25-22-,28-26-,31-29-,34-32-,42-40-,48-46-. The van der Waals surface area contributed by atoms with Gasteiger partial charge in [0.15, 0.2) is 6.10 Å². The van der Waals surface area contributed by atoms with Gasteiger partial charge in [0.05, 0.1) is 0 Å². The van der Waals surface area contributed by atoms with E-state index in [1.807, 2.05) is 0 Å². The number of carbonyl (C=O) groups is 3. The normalized spacial score (nSPS) is 12.8. The minimum Gasteiger partial charge on any atom is -0.462 e. The summed E-state index contributed by atoms with van der Waals surface area (Å²) in [7, 11) is 0. The fraction of sp³-hybridized carbons (Fsp3) is 0.708. The first-order valence-corrected chi connectivity index (χ1v) is 32.9. The molecule has 6 nitrogen and oxygen atoms in total. The number of rotatable bonds is 59. The molecule has 78 heavy (non-hydrogen) atoms. The first kappa shape index (κ1) is 74.1. The Bertz CT molecular complexity index is 1570. The summed E-state index contributed by atoms with van der Waals surface area (Å²) in [6, 6.07) is 0. The number of hydrogen-bond donors (Lipinski definition) is 0. The zero-order valence-corrected chi connectivity index (χ0v) is 51.2. The van der Waals surface area contributed by atoms with Crippen molar-refractivity contribution >= 4 is 17.9 Å². The maximum Gasteiger partial charge on any atom is 0.306 e. The molecule has 0 aliphatic heterocycles. The van der Waals surface area contributed by atoms with Crippen LogP contribution in [0.5, 0.6) is 0 Å². The van der Waals surface area contributed by atoms with E-state index < -0.39 is 6.10 Å². The highest BCUT2D eigenvalue weighted by Crippen LogP contribution is 2.16. The third-order valence-electron chi connectivity index (χ3n) is 14.0. The van der Waals surface area contributed by atoms with Crippen molar-refractivity contribution in [2.75, 3.05) is 13.2 Å². The van der Waals surface area contributed by atoms with E-state index in [1.54, 1.807) is 0 Å². The molecule has 1 unspecified atom stereocenters. The van der Waals surface area contributed by atoms with Crippen LogP contribution in [0.15, 0.2) is 109 Å². The molecule has 0 N–H and O–H groups in total. The van der Waals surface area contributed by atoms with Crippen molar-refractivity contribution in [2.24, 2.45) is 0 Å². The lowest BCUT2D eigenvalue weighted by Gasteiger charge is -2.18. The molecule has 446 valence electrons. The van der Waals surface area contributed by atoms with Crippen LogP contribution in [-0.4, -0.2) is 37.2 Å². The molecule has 6 heteroatoms. The summed E-state index contributed by atoms with van der Waals surface area (Å²) in [6.07, 6.45) is 89.6. The fourth-order valence-corrected chi connectivity index (χ4v) is 9.06. The molecule has 0 rings (SSSR count). The van der Waals surface area contributed by atoms with Crippen molar-refractivity contribution in [2.45, 2.75) is 316 Å². The maximum atomic E-state index is 12.9. The van der Waals surface area contributed by atoms with Gasteiger partial charge in [-0.15, -0.1) is 0 Å². The molecular weight excluding hydrogens is 961 g/mol. The second-order valence-electron chi connectivity index (χ2n) is 21.6. The van der Waals surface area contributed by atoms with Gasteiger partial charge >= 0.3 is 17.9 Å². The number of unbranched alkanes of at least 4 members (excludes halogenated alkanes) is 30. The van der Waals surface area contributed by atoms with Gasteiger partial charge in [-0.25, -0.2) is 0 Å². The van der Waals surface area contributed by atoms with Crippen molar-refractivity contribution in [3.8, 4) is 0 Å². The Hall–Kier alpha value is -3.93.